The lowest BCUT2D eigenvalue weighted by Crippen LogP contribution is -1.95. The zero-order valence-corrected chi connectivity index (χ0v) is 11.8. The van der Waals surface area contributed by atoms with Gasteiger partial charge in [-0.2, -0.15) is 9.61 Å². The Kier molecular flexibility index (Phi) is 2.71. The molecule has 0 saturated carbocycles. The van der Waals surface area contributed by atoms with Crippen molar-refractivity contribution in [3.63, 3.8) is 0 Å². The summed E-state index contributed by atoms with van der Waals surface area (Å²) in [5, 5.41) is 5.22. The maximum atomic E-state index is 11.4. The molecule has 0 amide bonds. The molecule has 0 radical (unpaired) electrons. The molecule has 0 aliphatic rings. The first kappa shape index (κ1) is 12.0. The third-order valence-electron chi connectivity index (χ3n) is 3.09. The van der Waals surface area contributed by atoms with Crippen molar-refractivity contribution in [3.05, 3.63) is 40.0 Å². The summed E-state index contributed by atoms with van der Waals surface area (Å²) in [6, 6.07) is 6.13. The Morgan fingerprint density at radius 1 is 1.26 bits per heavy atom. The maximum Gasteiger partial charge on any atom is 0.213 e. The third-order valence-corrected chi connectivity index (χ3v) is 3.91. The van der Waals surface area contributed by atoms with Gasteiger partial charge in [-0.15, -0.1) is 0 Å². The molecular formula is C14H13N3OS. The van der Waals surface area contributed by atoms with Crippen molar-refractivity contribution in [2.24, 2.45) is 0 Å². The van der Waals surface area contributed by atoms with Crippen molar-refractivity contribution < 1.29 is 4.79 Å². The average Bonchev–Trinajstić information content (AvgIpc) is 2.84. The molecular weight excluding hydrogens is 258 g/mol. The van der Waals surface area contributed by atoms with Gasteiger partial charge in [0.25, 0.3) is 0 Å². The summed E-state index contributed by atoms with van der Waals surface area (Å²) in [6.07, 6.45) is 0.827. The highest BCUT2D eigenvalue weighted by Gasteiger charge is 2.17. The standard InChI is InChI=1S/C14H13N3OS/c1-8-4-5-11(9(2)6-8)13-12(7-18)17-14(15-13)19-10(3)16-17/h4-7H,1-3H3. The Morgan fingerprint density at radius 3 is 2.74 bits per heavy atom. The van der Waals surface area contributed by atoms with Gasteiger partial charge in [0.1, 0.15) is 16.4 Å². The van der Waals surface area contributed by atoms with Crippen LogP contribution in [0.5, 0.6) is 0 Å². The molecule has 19 heavy (non-hydrogen) atoms. The van der Waals surface area contributed by atoms with E-state index in [1.54, 1.807) is 4.52 Å². The van der Waals surface area contributed by atoms with E-state index >= 15 is 0 Å². The Bertz CT molecular complexity index is 785. The number of benzene rings is 1. The predicted molar refractivity (Wildman–Crippen MR) is 75.9 cm³/mol. The van der Waals surface area contributed by atoms with Gasteiger partial charge in [-0.25, -0.2) is 4.98 Å². The van der Waals surface area contributed by atoms with Gasteiger partial charge in [0.05, 0.1) is 0 Å². The van der Waals surface area contributed by atoms with E-state index in [2.05, 4.69) is 16.1 Å². The number of hydrogen-bond donors (Lipinski definition) is 0. The van der Waals surface area contributed by atoms with E-state index in [0.29, 0.717) is 11.4 Å². The zero-order chi connectivity index (χ0) is 13.6. The fraction of sp³-hybridized carbons (Fsp3) is 0.214. The summed E-state index contributed by atoms with van der Waals surface area (Å²) in [5.41, 5.74) is 4.54. The molecule has 3 aromatic rings. The quantitative estimate of drug-likeness (QED) is 0.672. The van der Waals surface area contributed by atoms with E-state index in [-0.39, 0.29) is 0 Å². The van der Waals surface area contributed by atoms with Crippen LogP contribution in [-0.2, 0) is 0 Å². The van der Waals surface area contributed by atoms with Crippen LogP contribution < -0.4 is 0 Å². The van der Waals surface area contributed by atoms with Gasteiger partial charge in [0.15, 0.2) is 6.29 Å². The lowest BCUT2D eigenvalue weighted by molar-refractivity contribution is 0.111. The summed E-state index contributed by atoms with van der Waals surface area (Å²) in [4.78, 5) is 16.7. The molecule has 1 aromatic carbocycles. The molecule has 0 bridgehead atoms. The number of fused-ring (bicyclic) bond motifs is 1. The summed E-state index contributed by atoms with van der Waals surface area (Å²) in [7, 11) is 0. The van der Waals surface area contributed by atoms with Crippen molar-refractivity contribution in [1.29, 1.82) is 0 Å². The number of rotatable bonds is 2. The molecule has 2 aromatic heterocycles. The predicted octanol–water partition coefficient (Wildman–Crippen LogP) is 3.20. The molecule has 0 spiro atoms. The van der Waals surface area contributed by atoms with Crippen molar-refractivity contribution in [2.45, 2.75) is 20.8 Å². The van der Waals surface area contributed by atoms with Crippen LogP contribution in [0.15, 0.2) is 18.2 Å². The van der Waals surface area contributed by atoms with E-state index in [4.69, 9.17) is 0 Å². The van der Waals surface area contributed by atoms with Crippen molar-refractivity contribution >= 4 is 22.6 Å². The van der Waals surface area contributed by atoms with Gasteiger partial charge in [0.2, 0.25) is 4.96 Å². The Hall–Kier alpha value is -2.01. The zero-order valence-electron chi connectivity index (χ0n) is 11.0. The van der Waals surface area contributed by atoms with Gasteiger partial charge < -0.3 is 0 Å². The van der Waals surface area contributed by atoms with Crippen LogP contribution in [0.2, 0.25) is 0 Å². The summed E-state index contributed by atoms with van der Waals surface area (Å²) in [5.74, 6) is 0. The average molecular weight is 271 g/mol. The van der Waals surface area contributed by atoms with Gasteiger partial charge in [0, 0.05) is 5.56 Å². The lowest BCUT2D eigenvalue weighted by atomic mass is 10.0. The molecule has 0 aliphatic heterocycles. The molecule has 3 rings (SSSR count). The minimum atomic E-state index is 0.520. The highest BCUT2D eigenvalue weighted by atomic mass is 32.1. The number of aryl methyl sites for hydroxylation is 3. The van der Waals surface area contributed by atoms with Crippen LogP contribution in [0.1, 0.15) is 26.6 Å². The molecule has 0 atom stereocenters. The highest BCUT2D eigenvalue weighted by Crippen LogP contribution is 2.28. The molecule has 5 heteroatoms. The first-order chi connectivity index (χ1) is 9.10. The van der Waals surface area contributed by atoms with Crippen LogP contribution in [0.4, 0.5) is 0 Å². The third kappa shape index (κ3) is 1.86. The molecule has 96 valence electrons. The Labute approximate surface area is 114 Å². The molecule has 0 saturated heterocycles. The second-order valence-electron chi connectivity index (χ2n) is 4.60. The topological polar surface area (TPSA) is 47.3 Å². The first-order valence-corrected chi connectivity index (χ1v) is 6.81. The molecule has 0 N–H and O–H groups in total. The van der Waals surface area contributed by atoms with Crippen LogP contribution in [0.25, 0.3) is 16.2 Å². The molecule has 2 heterocycles. The fourth-order valence-corrected chi connectivity index (χ4v) is 2.99. The maximum absolute atomic E-state index is 11.4. The van der Waals surface area contributed by atoms with Crippen LogP contribution >= 0.6 is 11.3 Å². The molecule has 0 aliphatic carbocycles. The molecule has 0 unspecified atom stereocenters. The fourth-order valence-electron chi connectivity index (χ4n) is 2.24. The minimum absolute atomic E-state index is 0.520. The van der Waals surface area contributed by atoms with Gasteiger partial charge in [-0.1, -0.05) is 35.1 Å². The number of aromatic nitrogens is 3. The van der Waals surface area contributed by atoms with E-state index in [1.807, 2.05) is 32.9 Å². The highest BCUT2D eigenvalue weighted by molar-refractivity contribution is 7.16. The SMILES string of the molecule is Cc1ccc(-c2nc3sc(C)nn3c2C=O)c(C)c1. The van der Waals surface area contributed by atoms with E-state index in [1.165, 1.54) is 16.9 Å². The van der Waals surface area contributed by atoms with Gasteiger partial charge in [-0.3, -0.25) is 4.79 Å². The second kappa shape index (κ2) is 4.28. The largest absolute Gasteiger partial charge is 0.296 e. The van der Waals surface area contributed by atoms with Crippen molar-refractivity contribution in [1.82, 2.24) is 14.6 Å². The molecule has 0 fully saturated rings. The number of carbonyl (C=O) groups is 1. The van der Waals surface area contributed by atoms with Crippen molar-refractivity contribution in [3.8, 4) is 11.3 Å². The van der Waals surface area contributed by atoms with Gasteiger partial charge in [-0.05, 0) is 26.3 Å². The summed E-state index contributed by atoms with van der Waals surface area (Å²) < 4.78 is 1.63. The Morgan fingerprint density at radius 2 is 2.05 bits per heavy atom. The van der Waals surface area contributed by atoms with E-state index in [9.17, 15) is 4.79 Å². The number of carbonyl (C=O) groups excluding carboxylic acids is 1. The van der Waals surface area contributed by atoms with Crippen LogP contribution in [-0.4, -0.2) is 20.9 Å². The smallest absolute Gasteiger partial charge is 0.213 e. The number of imidazole rings is 1. The van der Waals surface area contributed by atoms with Crippen LogP contribution in [0.3, 0.4) is 0 Å². The van der Waals surface area contributed by atoms with Crippen LogP contribution in [0, 0.1) is 20.8 Å². The monoisotopic (exact) mass is 271 g/mol. The van der Waals surface area contributed by atoms with Crippen molar-refractivity contribution in [2.75, 3.05) is 0 Å². The van der Waals surface area contributed by atoms with E-state index in [0.717, 1.165) is 27.4 Å². The van der Waals surface area contributed by atoms with Gasteiger partial charge >= 0.3 is 0 Å². The molecule has 4 nitrogen and oxygen atoms in total. The number of hydrogen-bond acceptors (Lipinski definition) is 4. The lowest BCUT2D eigenvalue weighted by Gasteiger charge is -2.04. The Balaban J connectivity index is 2.29. The normalized spacial score (nSPS) is 11.1. The number of aldehydes is 1. The second-order valence-corrected chi connectivity index (χ2v) is 5.76. The first-order valence-electron chi connectivity index (χ1n) is 5.99. The number of nitrogens with zero attached hydrogens (tertiary/aromatic N) is 3. The van der Waals surface area contributed by atoms with E-state index < -0.39 is 0 Å². The summed E-state index contributed by atoms with van der Waals surface area (Å²) >= 11 is 1.49. The summed E-state index contributed by atoms with van der Waals surface area (Å²) in [6.45, 7) is 5.99. The minimum Gasteiger partial charge on any atom is -0.296 e.